The third kappa shape index (κ3) is 8.13. The Balaban J connectivity index is 1.10. The van der Waals surface area contributed by atoms with Gasteiger partial charge in [-0.2, -0.15) is 0 Å². The predicted molar refractivity (Wildman–Crippen MR) is 267 cm³/mol. The Hall–Kier alpha value is -6.59. The second kappa shape index (κ2) is 16.3. The molecule has 1 aliphatic rings. The lowest BCUT2D eigenvalue weighted by molar-refractivity contribution is 0.481. The number of hydrogen-bond donors (Lipinski definition) is 0. The summed E-state index contributed by atoms with van der Waals surface area (Å²) < 4.78 is 9.23. The van der Waals surface area contributed by atoms with Crippen LogP contribution in [0.4, 0.5) is 11.4 Å². The average Bonchev–Trinajstić information content (AvgIpc) is 3.87. The molecular formula is C58H60N4O. The van der Waals surface area contributed by atoms with Gasteiger partial charge in [0.25, 0.3) is 0 Å². The van der Waals surface area contributed by atoms with E-state index >= 15 is 0 Å². The molecule has 0 atom stereocenters. The number of nitrogens with zero attached hydrogens (tertiary/aromatic N) is 4. The van der Waals surface area contributed by atoms with Crippen molar-refractivity contribution in [1.82, 2.24) is 9.55 Å². The summed E-state index contributed by atoms with van der Waals surface area (Å²) in [5.74, 6) is 3.32. The van der Waals surface area contributed by atoms with E-state index in [1.54, 1.807) is 0 Å². The molecule has 0 saturated heterocycles. The Labute approximate surface area is 374 Å². The molecule has 63 heavy (non-hydrogen) atoms. The van der Waals surface area contributed by atoms with Gasteiger partial charge in [0.2, 0.25) is 0 Å². The van der Waals surface area contributed by atoms with Gasteiger partial charge in [-0.05, 0) is 111 Å². The van der Waals surface area contributed by atoms with Crippen LogP contribution in [0.2, 0.25) is 0 Å². The SMILES string of the molecule is CC(C)c1cccc(C(C)C)c1-c1ccc(N2C=C(C(C)(C)C)N(c3cc(Oc4ccc5c6ccccc6n(-c6cc(C(C)(C)C)ccn6)c5c4)cc(-c4ccccc4)c3)C2)cc1. The van der Waals surface area contributed by atoms with Crippen LogP contribution in [0.25, 0.3) is 49.9 Å². The van der Waals surface area contributed by atoms with E-state index in [1.807, 2.05) is 6.20 Å². The number of benzene rings is 6. The van der Waals surface area contributed by atoms with Gasteiger partial charge in [-0.15, -0.1) is 0 Å². The summed E-state index contributed by atoms with van der Waals surface area (Å²) in [7, 11) is 0. The number of para-hydroxylation sites is 1. The number of pyridine rings is 1. The monoisotopic (exact) mass is 828 g/mol. The van der Waals surface area contributed by atoms with Crippen LogP contribution in [-0.4, -0.2) is 16.2 Å². The summed E-state index contributed by atoms with van der Waals surface area (Å²) in [5.41, 5.74) is 14.4. The molecule has 0 N–H and O–H groups in total. The zero-order chi connectivity index (χ0) is 44.2. The molecule has 5 nitrogen and oxygen atoms in total. The van der Waals surface area contributed by atoms with Gasteiger partial charge in [0.15, 0.2) is 0 Å². The van der Waals surface area contributed by atoms with Crippen LogP contribution >= 0.6 is 0 Å². The van der Waals surface area contributed by atoms with Crippen LogP contribution in [0.5, 0.6) is 11.5 Å². The van der Waals surface area contributed by atoms with Gasteiger partial charge in [0, 0.05) is 57.8 Å². The first-order valence-electron chi connectivity index (χ1n) is 22.5. The second-order valence-electron chi connectivity index (χ2n) is 19.8. The first kappa shape index (κ1) is 41.7. The number of aromatic nitrogens is 2. The fourth-order valence-corrected chi connectivity index (χ4v) is 9.17. The van der Waals surface area contributed by atoms with E-state index in [1.165, 1.54) is 38.9 Å². The highest BCUT2D eigenvalue weighted by molar-refractivity contribution is 6.09. The Kier molecular flexibility index (Phi) is 10.8. The van der Waals surface area contributed by atoms with Crippen molar-refractivity contribution < 1.29 is 4.74 Å². The van der Waals surface area contributed by atoms with Crippen LogP contribution in [-0.2, 0) is 5.41 Å². The molecule has 2 aromatic heterocycles. The molecule has 9 rings (SSSR count). The van der Waals surface area contributed by atoms with Crippen LogP contribution in [0.3, 0.4) is 0 Å². The molecule has 0 spiro atoms. The molecule has 0 bridgehead atoms. The maximum atomic E-state index is 6.96. The fourth-order valence-electron chi connectivity index (χ4n) is 9.17. The van der Waals surface area contributed by atoms with Gasteiger partial charge in [-0.3, -0.25) is 4.57 Å². The van der Waals surface area contributed by atoms with Crippen molar-refractivity contribution in [2.45, 2.75) is 86.5 Å². The maximum Gasteiger partial charge on any atom is 0.137 e. The highest BCUT2D eigenvalue weighted by Crippen LogP contribution is 2.43. The highest BCUT2D eigenvalue weighted by atomic mass is 16.5. The van der Waals surface area contributed by atoms with Gasteiger partial charge >= 0.3 is 0 Å². The summed E-state index contributed by atoms with van der Waals surface area (Å²) in [6.45, 7) is 23.5. The average molecular weight is 829 g/mol. The second-order valence-corrected chi connectivity index (χ2v) is 19.8. The van der Waals surface area contributed by atoms with E-state index in [0.717, 1.165) is 56.2 Å². The van der Waals surface area contributed by atoms with Gasteiger partial charge < -0.3 is 14.5 Å². The molecular weight excluding hydrogens is 769 g/mol. The molecule has 1 aliphatic heterocycles. The number of anilines is 2. The number of allylic oxidation sites excluding steroid dienone is 1. The lowest BCUT2D eigenvalue weighted by Crippen LogP contribution is -2.30. The third-order valence-corrected chi connectivity index (χ3v) is 12.5. The minimum atomic E-state index is -0.127. The van der Waals surface area contributed by atoms with Crippen molar-refractivity contribution >= 4 is 33.2 Å². The van der Waals surface area contributed by atoms with Crippen LogP contribution in [0.1, 0.15) is 97.8 Å². The van der Waals surface area contributed by atoms with E-state index in [0.29, 0.717) is 18.5 Å². The van der Waals surface area contributed by atoms with Crippen molar-refractivity contribution in [1.29, 1.82) is 0 Å². The first-order chi connectivity index (χ1) is 30.1. The Morgan fingerprint density at radius 3 is 1.90 bits per heavy atom. The van der Waals surface area contributed by atoms with Gasteiger partial charge in [0.1, 0.15) is 17.3 Å². The van der Waals surface area contributed by atoms with Crippen molar-refractivity contribution in [2.75, 3.05) is 16.5 Å². The van der Waals surface area contributed by atoms with E-state index < -0.39 is 0 Å². The third-order valence-electron chi connectivity index (χ3n) is 12.5. The van der Waals surface area contributed by atoms with E-state index in [-0.39, 0.29) is 10.8 Å². The molecule has 0 radical (unpaired) electrons. The quantitative estimate of drug-likeness (QED) is 0.145. The minimum absolute atomic E-state index is 0.0108. The molecule has 0 amide bonds. The molecule has 6 aromatic carbocycles. The van der Waals surface area contributed by atoms with Crippen molar-refractivity contribution in [2.24, 2.45) is 5.41 Å². The maximum absolute atomic E-state index is 6.96. The van der Waals surface area contributed by atoms with Gasteiger partial charge in [0.05, 0.1) is 17.7 Å². The Bertz CT molecular complexity index is 2950. The van der Waals surface area contributed by atoms with E-state index in [2.05, 4.69) is 235 Å². The fraction of sp³-hybridized carbons (Fsp3) is 0.259. The van der Waals surface area contributed by atoms with Gasteiger partial charge in [-0.25, -0.2) is 4.98 Å². The first-order valence-corrected chi connectivity index (χ1v) is 22.5. The molecule has 3 heterocycles. The Morgan fingerprint density at radius 2 is 1.22 bits per heavy atom. The standard InChI is InChI=1S/C58H60N4O/c1-38(2)48-20-16-21-49(39(3)4)56(48)41-23-25-44(26-24-41)60-36-54(58(8,9)10)61(37-60)45-31-42(40-17-12-11-13-18-40)32-47(34-45)63-46-27-28-51-50-19-14-15-22-52(50)62(53(51)35-46)55-33-43(29-30-59-55)57(5,6)7/h11-36,38-39H,37H2,1-10H3. The lowest BCUT2D eigenvalue weighted by Gasteiger charge is -2.31. The van der Waals surface area contributed by atoms with Crippen molar-refractivity contribution in [3.05, 3.63) is 180 Å². The minimum Gasteiger partial charge on any atom is -0.457 e. The van der Waals surface area contributed by atoms with Crippen LogP contribution in [0, 0.1) is 5.41 Å². The van der Waals surface area contributed by atoms with Crippen molar-refractivity contribution in [3.8, 4) is 39.6 Å². The molecule has 0 aliphatic carbocycles. The molecule has 0 fully saturated rings. The molecule has 5 heteroatoms. The molecule has 0 unspecified atom stereocenters. The number of rotatable bonds is 9. The topological polar surface area (TPSA) is 33.5 Å². The predicted octanol–water partition coefficient (Wildman–Crippen LogP) is 16.0. The lowest BCUT2D eigenvalue weighted by atomic mass is 9.85. The number of fused-ring (bicyclic) bond motifs is 3. The molecule has 8 aromatic rings. The van der Waals surface area contributed by atoms with Crippen molar-refractivity contribution in [3.63, 3.8) is 0 Å². The molecule has 318 valence electrons. The largest absolute Gasteiger partial charge is 0.457 e. The van der Waals surface area contributed by atoms with Gasteiger partial charge in [-0.1, -0.05) is 148 Å². The number of hydrogen-bond acceptors (Lipinski definition) is 4. The summed E-state index contributed by atoms with van der Waals surface area (Å²) in [5, 5.41) is 2.35. The van der Waals surface area contributed by atoms with Crippen LogP contribution in [0.15, 0.2) is 164 Å². The summed E-state index contributed by atoms with van der Waals surface area (Å²) in [6.07, 6.45) is 4.26. The zero-order valence-electron chi connectivity index (χ0n) is 38.6. The van der Waals surface area contributed by atoms with Crippen LogP contribution < -0.4 is 14.5 Å². The van der Waals surface area contributed by atoms with E-state index in [4.69, 9.17) is 9.72 Å². The summed E-state index contributed by atoms with van der Waals surface area (Å²) >= 11 is 0. The Morgan fingerprint density at radius 1 is 0.540 bits per heavy atom. The van der Waals surface area contributed by atoms with E-state index in [9.17, 15) is 0 Å². The smallest absolute Gasteiger partial charge is 0.137 e. The highest BCUT2D eigenvalue weighted by Gasteiger charge is 2.32. The summed E-state index contributed by atoms with van der Waals surface area (Å²) in [4.78, 5) is 9.74. The number of ether oxygens (including phenoxy) is 1. The zero-order valence-corrected chi connectivity index (χ0v) is 38.6. The molecule has 0 saturated carbocycles. The summed E-state index contributed by atoms with van der Waals surface area (Å²) in [6, 6.07) is 52.7. The normalized spacial score (nSPS) is 13.5.